The van der Waals surface area contributed by atoms with E-state index in [0.29, 0.717) is 0 Å². The molecule has 0 aromatic heterocycles. The van der Waals surface area contributed by atoms with E-state index in [1.54, 1.807) is 11.8 Å². The highest BCUT2D eigenvalue weighted by Gasteiger charge is 2.69. The topological polar surface area (TPSA) is 0 Å². The van der Waals surface area contributed by atoms with E-state index < -0.39 is 0 Å². The predicted octanol–water partition coefficient (Wildman–Crippen LogP) is 8.05. The van der Waals surface area contributed by atoms with Crippen molar-refractivity contribution in [3.63, 3.8) is 0 Å². The fourth-order valence-electron chi connectivity index (χ4n) is 7.73. The molecule has 6 rings (SSSR count). The van der Waals surface area contributed by atoms with Gasteiger partial charge in [-0.25, -0.2) is 0 Å². The lowest BCUT2D eigenvalue weighted by atomic mass is 9.36. The second-order valence-corrected chi connectivity index (χ2v) is 12.0. The van der Waals surface area contributed by atoms with Gasteiger partial charge in [0.25, 0.3) is 0 Å². The molecule has 0 saturated heterocycles. The second-order valence-electron chi connectivity index (χ2n) is 12.0. The number of hydrogen-bond donors (Lipinski definition) is 0. The summed E-state index contributed by atoms with van der Waals surface area (Å²) in [5, 5.41) is 0. The molecule has 4 aliphatic carbocycles. The predicted molar refractivity (Wildman–Crippen MR) is 141 cm³/mol. The molecule has 10 radical (unpaired) electrons. The molecule has 2 atom stereocenters. The van der Waals surface area contributed by atoms with Crippen molar-refractivity contribution in [3.8, 4) is 0 Å². The van der Waals surface area contributed by atoms with E-state index in [1.165, 1.54) is 35.8 Å². The first-order chi connectivity index (χ1) is 16.3. The van der Waals surface area contributed by atoms with Crippen molar-refractivity contribution in [2.75, 3.05) is 0 Å². The summed E-state index contributed by atoms with van der Waals surface area (Å²) >= 11 is 0. The molecule has 0 unspecified atom stereocenters. The zero-order chi connectivity index (χ0) is 23.6. The van der Waals surface area contributed by atoms with Crippen molar-refractivity contribution in [1.29, 1.82) is 0 Å². The zero-order valence-electron chi connectivity index (χ0n) is 21.1. The van der Waals surface area contributed by atoms with Crippen LogP contribution in [0, 0.1) is 73.0 Å². The van der Waals surface area contributed by atoms with E-state index >= 15 is 0 Å². The van der Waals surface area contributed by atoms with Crippen molar-refractivity contribution in [3.05, 3.63) is 134 Å². The van der Waals surface area contributed by atoms with Crippen LogP contribution in [-0.2, 0) is 10.8 Å². The van der Waals surface area contributed by atoms with Crippen LogP contribution in [0.2, 0.25) is 0 Å². The summed E-state index contributed by atoms with van der Waals surface area (Å²) < 4.78 is 0. The van der Waals surface area contributed by atoms with Crippen LogP contribution in [0.4, 0.5) is 0 Å². The van der Waals surface area contributed by atoms with Crippen LogP contribution in [0.15, 0.2) is 60.7 Å². The van der Waals surface area contributed by atoms with Crippen LogP contribution in [0.3, 0.4) is 0 Å². The molecule has 0 heterocycles. The molecule has 0 nitrogen and oxygen atoms in total. The standard InChI is InChI=1S/C34H36/c1-31(2)21-23-33(25-13-7-5-8-14-25,29-19-11-17-27(29)31)34(26-15-9-6-10-16-26)24-22-32(3,4)28-18-12-20-30(28)34/h5-20H,21-24H2,1-4H3/t33-,34-/m0/s1. The molecule has 2 aromatic carbocycles. The third-order valence-electron chi connectivity index (χ3n) is 9.52. The maximum atomic E-state index is 2.45. The fourth-order valence-corrected chi connectivity index (χ4v) is 7.73. The van der Waals surface area contributed by atoms with E-state index in [9.17, 15) is 0 Å². The monoisotopic (exact) mass is 444 g/mol. The van der Waals surface area contributed by atoms with Gasteiger partial charge in [0.05, 0.1) is 0 Å². The Balaban J connectivity index is 1.65. The summed E-state index contributed by atoms with van der Waals surface area (Å²) in [7, 11) is 0. The molecule has 0 heteroatoms. The van der Waals surface area contributed by atoms with E-state index in [4.69, 9.17) is 0 Å². The van der Waals surface area contributed by atoms with Gasteiger partial charge >= 0.3 is 0 Å². The Labute approximate surface area is 208 Å². The number of benzene rings is 2. The van der Waals surface area contributed by atoms with Gasteiger partial charge in [0.2, 0.25) is 0 Å². The molecule has 0 amide bonds. The minimum Gasteiger partial charge on any atom is -0.0622 e. The van der Waals surface area contributed by atoms with Gasteiger partial charge in [-0.1, -0.05) is 88.4 Å². The highest BCUT2D eigenvalue weighted by Crippen LogP contribution is 2.74. The van der Waals surface area contributed by atoms with Crippen molar-refractivity contribution in [2.45, 2.75) is 64.2 Å². The van der Waals surface area contributed by atoms with Gasteiger partial charge in [-0.15, -0.1) is 0 Å². The minimum absolute atomic E-state index is 0.108. The molecular weight excluding hydrogens is 408 g/mol. The maximum Gasteiger partial charge on any atom is 0.0127 e. The van der Waals surface area contributed by atoms with Gasteiger partial charge in [0, 0.05) is 10.8 Å². The normalized spacial score (nSPS) is 34.1. The summed E-state index contributed by atoms with van der Waals surface area (Å²) in [6.45, 7) is 9.75. The van der Waals surface area contributed by atoms with E-state index in [-0.39, 0.29) is 21.7 Å². The third kappa shape index (κ3) is 3.02. The summed E-state index contributed by atoms with van der Waals surface area (Å²) in [6.07, 6.45) is 19.0. The second kappa shape index (κ2) is 7.97. The Morgan fingerprint density at radius 1 is 0.441 bits per heavy atom. The molecular formula is C34H36. The van der Waals surface area contributed by atoms with Gasteiger partial charge in [0.1, 0.15) is 0 Å². The van der Waals surface area contributed by atoms with Crippen LogP contribution < -0.4 is 0 Å². The molecule has 172 valence electrons. The molecule has 34 heavy (non-hydrogen) atoms. The first-order valence-corrected chi connectivity index (χ1v) is 13.0. The average Bonchev–Trinajstić information content (AvgIpc) is 3.54. The quantitative estimate of drug-likeness (QED) is 0.449. The Kier molecular flexibility index (Phi) is 5.37. The number of rotatable bonds is 3. The van der Waals surface area contributed by atoms with Crippen LogP contribution in [0.5, 0.6) is 0 Å². The highest BCUT2D eigenvalue weighted by atomic mass is 14.7. The Bertz CT molecular complexity index is 917. The molecule has 0 spiro atoms. The van der Waals surface area contributed by atoms with Crippen LogP contribution in [0.1, 0.15) is 64.5 Å². The first kappa shape index (κ1) is 22.9. The fraction of sp³-hybridized carbons (Fsp3) is 0.353. The van der Waals surface area contributed by atoms with Gasteiger partial charge in [-0.2, -0.15) is 0 Å². The van der Waals surface area contributed by atoms with Crippen molar-refractivity contribution < 1.29 is 0 Å². The number of hydrogen-bond acceptors (Lipinski definition) is 0. The number of fused-ring (bicyclic) bond motifs is 2. The zero-order valence-corrected chi connectivity index (χ0v) is 21.1. The van der Waals surface area contributed by atoms with Crippen molar-refractivity contribution >= 4 is 0 Å². The van der Waals surface area contributed by atoms with Gasteiger partial charge in [-0.05, 0) is 110 Å². The highest BCUT2D eigenvalue weighted by molar-refractivity contribution is 5.68. The SMILES string of the molecule is CC1(C)CC[C@@](c2ccccc2)([C@]2(c3ccccc3)CCC(C)(C)[C]3[CH][CH][CH][C]32)[C]2[CH][CH][CH][C]21. The molecule has 0 N–H and O–H groups in total. The van der Waals surface area contributed by atoms with Gasteiger partial charge in [0.15, 0.2) is 0 Å². The summed E-state index contributed by atoms with van der Waals surface area (Å²) in [5.41, 5.74) is 3.10. The lowest BCUT2D eigenvalue weighted by Gasteiger charge is -2.66. The Morgan fingerprint density at radius 2 is 0.794 bits per heavy atom. The summed E-state index contributed by atoms with van der Waals surface area (Å²) in [4.78, 5) is 0. The van der Waals surface area contributed by atoms with E-state index in [1.807, 2.05) is 0 Å². The molecule has 4 aliphatic rings. The van der Waals surface area contributed by atoms with Crippen molar-refractivity contribution in [2.24, 2.45) is 10.8 Å². The summed E-state index contributed by atoms with van der Waals surface area (Å²) in [5.74, 6) is 6.17. The molecule has 0 aliphatic heterocycles. The van der Waals surface area contributed by atoms with Crippen LogP contribution in [-0.4, -0.2) is 0 Å². The van der Waals surface area contributed by atoms with Crippen LogP contribution >= 0.6 is 0 Å². The van der Waals surface area contributed by atoms with Gasteiger partial charge in [-0.3, -0.25) is 0 Å². The smallest absolute Gasteiger partial charge is 0.0127 e. The van der Waals surface area contributed by atoms with Crippen LogP contribution in [0.25, 0.3) is 0 Å². The summed E-state index contributed by atoms with van der Waals surface area (Å²) in [6, 6.07) is 22.9. The lowest BCUT2D eigenvalue weighted by Crippen LogP contribution is -2.63. The Morgan fingerprint density at radius 3 is 1.18 bits per heavy atom. The molecule has 4 saturated carbocycles. The van der Waals surface area contributed by atoms with E-state index in [2.05, 4.69) is 127 Å². The Hall–Kier alpha value is -1.56. The average molecular weight is 445 g/mol. The maximum absolute atomic E-state index is 2.45. The third-order valence-corrected chi connectivity index (χ3v) is 9.52. The molecule has 2 aromatic rings. The molecule has 0 bridgehead atoms. The lowest BCUT2D eigenvalue weighted by molar-refractivity contribution is 0.109. The molecule has 4 fully saturated rings. The minimum atomic E-state index is -0.108. The first-order valence-electron chi connectivity index (χ1n) is 13.0. The largest absolute Gasteiger partial charge is 0.0622 e. The van der Waals surface area contributed by atoms with Crippen molar-refractivity contribution in [1.82, 2.24) is 0 Å². The van der Waals surface area contributed by atoms with Gasteiger partial charge < -0.3 is 0 Å². The van der Waals surface area contributed by atoms with E-state index in [0.717, 1.165) is 12.8 Å².